The summed E-state index contributed by atoms with van der Waals surface area (Å²) in [7, 11) is 0. The molecule has 0 aromatic heterocycles. The van der Waals surface area contributed by atoms with Crippen molar-refractivity contribution in [3.8, 4) is 11.5 Å². The molecule has 1 aromatic carbocycles. The van der Waals surface area contributed by atoms with Crippen LogP contribution < -0.4 is 0 Å². The average molecular weight is 275 g/mol. The van der Waals surface area contributed by atoms with Gasteiger partial charge in [-0.3, -0.25) is 4.79 Å². The van der Waals surface area contributed by atoms with E-state index in [1.807, 2.05) is 0 Å². The van der Waals surface area contributed by atoms with Crippen LogP contribution in [0.15, 0.2) is 18.2 Å². The number of benzene rings is 1. The van der Waals surface area contributed by atoms with Gasteiger partial charge in [0.15, 0.2) is 0 Å². The third-order valence-corrected chi connectivity index (χ3v) is 3.10. The Morgan fingerprint density at radius 1 is 1.32 bits per heavy atom. The van der Waals surface area contributed by atoms with Gasteiger partial charge in [-0.1, -0.05) is 0 Å². The number of phenols is 2. The van der Waals surface area contributed by atoms with Gasteiger partial charge in [0, 0.05) is 12.6 Å². The van der Waals surface area contributed by atoms with E-state index in [0.717, 1.165) is 18.2 Å². The summed E-state index contributed by atoms with van der Waals surface area (Å²) in [5.74, 6) is -1.67. The summed E-state index contributed by atoms with van der Waals surface area (Å²) in [5.41, 5.74) is -0.242. The molecule has 1 fully saturated rings. The zero-order valence-electron chi connectivity index (χ0n) is 9.81. The van der Waals surface area contributed by atoms with E-state index >= 15 is 0 Å². The highest BCUT2D eigenvalue weighted by atomic mass is 19.4. The van der Waals surface area contributed by atoms with Crippen LogP contribution in [0.25, 0.3) is 0 Å². The second-order valence-corrected chi connectivity index (χ2v) is 4.40. The van der Waals surface area contributed by atoms with Crippen LogP contribution in [0, 0.1) is 0 Å². The first-order chi connectivity index (χ1) is 8.80. The number of halogens is 3. The summed E-state index contributed by atoms with van der Waals surface area (Å²) in [5, 5.41) is 18.6. The third kappa shape index (κ3) is 2.59. The number of aromatic hydroxyl groups is 2. The van der Waals surface area contributed by atoms with Gasteiger partial charge in [-0.05, 0) is 25.0 Å². The van der Waals surface area contributed by atoms with Gasteiger partial charge in [-0.2, -0.15) is 13.2 Å². The third-order valence-electron chi connectivity index (χ3n) is 3.10. The van der Waals surface area contributed by atoms with E-state index in [0.29, 0.717) is 4.90 Å². The molecule has 104 valence electrons. The molecule has 2 N–H and O–H groups in total. The van der Waals surface area contributed by atoms with E-state index in [9.17, 15) is 23.1 Å². The maximum absolute atomic E-state index is 12.8. The van der Waals surface area contributed by atoms with Crippen molar-refractivity contribution in [2.45, 2.75) is 25.1 Å². The number of phenolic OH excluding ortho intramolecular Hbond substituents is 2. The van der Waals surface area contributed by atoms with Crippen molar-refractivity contribution in [2.75, 3.05) is 6.54 Å². The first-order valence-corrected chi connectivity index (χ1v) is 5.70. The van der Waals surface area contributed by atoms with Gasteiger partial charge in [-0.15, -0.1) is 0 Å². The summed E-state index contributed by atoms with van der Waals surface area (Å²) < 4.78 is 38.3. The van der Waals surface area contributed by atoms with Crippen molar-refractivity contribution >= 4 is 5.91 Å². The minimum Gasteiger partial charge on any atom is -0.508 e. The topological polar surface area (TPSA) is 60.8 Å². The molecule has 1 amide bonds. The lowest BCUT2D eigenvalue weighted by molar-refractivity contribution is -0.169. The lowest BCUT2D eigenvalue weighted by Gasteiger charge is -2.26. The maximum atomic E-state index is 12.8. The molecular weight excluding hydrogens is 263 g/mol. The van der Waals surface area contributed by atoms with Crippen LogP contribution in [0.5, 0.6) is 11.5 Å². The van der Waals surface area contributed by atoms with Crippen molar-refractivity contribution in [1.82, 2.24) is 4.90 Å². The number of hydrogen-bond acceptors (Lipinski definition) is 3. The van der Waals surface area contributed by atoms with E-state index in [2.05, 4.69) is 0 Å². The number of likely N-dealkylation sites (tertiary alicyclic amines) is 1. The van der Waals surface area contributed by atoms with Crippen LogP contribution in [-0.2, 0) is 0 Å². The molecule has 1 aliphatic rings. The molecule has 7 heteroatoms. The molecule has 0 saturated carbocycles. The Balaban J connectivity index is 2.28. The number of amides is 1. The quantitative estimate of drug-likeness (QED) is 0.826. The minimum atomic E-state index is -4.47. The second kappa shape index (κ2) is 4.64. The highest BCUT2D eigenvalue weighted by Crippen LogP contribution is 2.34. The molecule has 19 heavy (non-hydrogen) atoms. The van der Waals surface area contributed by atoms with Crippen molar-refractivity contribution in [3.63, 3.8) is 0 Å². The van der Waals surface area contributed by atoms with Gasteiger partial charge in [0.2, 0.25) is 0 Å². The van der Waals surface area contributed by atoms with Crippen molar-refractivity contribution in [2.24, 2.45) is 0 Å². The summed E-state index contributed by atoms with van der Waals surface area (Å²) in [6.07, 6.45) is -4.33. The maximum Gasteiger partial charge on any atom is 0.408 e. The number of hydrogen-bond donors (Lipinski definition) is 2. The number of carbonyl (C=O) groups is 1. The Hall–Kier alpha value is -1.92. The Morgan fingerprint density at radius 3 is 2.58 bits per heavy atom. The number of nitrogens with zero attached hydrogens (tertiary/aromatic N) is 1. The molecule has 1 aromatic rings. The smallest absolute Gasteiger partial charge is 0.408 e. The van der Waals surface area contributed by atoms with Gasteiger partial charge in [0.1, 0.15) is 17.5 Å². The first kappa shape index (κ1) is 13.5. The molecule has 2 rings (SSSR count). The zero-order chi connectivity index (χ0) is 14.2. The first-order valence-electron chi connectivity index (χ1n) is 5.70. The fourth-order valence-electron chi connectivity index (χ4n) is 2.21. The van der Waals surface area contributed by atoms with Crippen LogP contribution in [0.4, 0.5) is 13.2 Å². The summed E-state index contributed by atoms with van der Waals surface area (Å²) in [6.45, 7) is 0.00330. The Kier molecular flexibility index (Phi) is 3.30. The number of rotatable bonds is 1. The van der Waals surface area contributed by atoms with Crippen LogP contribution in [0.1, 0.15) is 23.2 Å². The van der Waals surface area contributed by atoms with Crippen molar-refractivity contribution in [3.05, 3.63) is 23.8 Å². The molecule has 1 saturated heterocycles. The van der Waals surface area contributed by atoms with Crippen LogP contribution in [0.3, 0.4) is 0 Å². The van der Waals surface area contributed by atoms with E-state index < -0.39 is 23.9 Å². The Labute approximate surface area is 107 Å². The van der Waals surface area contributed by atoms with Gasteiger partial charge in [0.05, 0.1) is 5.56 Å². The van der Waals surface area contributed by atoms with Crippen LogP contribution in [0.2, 0.25) is 0 Å². The normalized spacial score (nSPS) is 19.7. The van der Waals surface area contributed by atoms with Gasteiger partial charge in [-0.25, -0.2) is 0 Å². The molecule has 4 nitrogen and oxygen atoms in total. The van der Waals surface area contributed by atoms with Gasteiger partial charge >= 0.3 is 6.18 Å². The monoisotopic (exact) mass is 275 g/mol. The minimum absolute atomic E-state index is 0.00330. The number of carbonyl (C=O) groups excluding carboxylic acids is 1. The molecule has 1 heterocycles. The largest absolute Gasteiger partial charge is 0.508 e. The average Bonchev–Trinajstić information content (AvgIpc) is 2.76. The molecular formula is C12H12F3NO3. The van der Waals surface area contributed by atoms with E-state index in [1.165, 1.54) is 0 Å². The van der Waals surface area contributed by atoms with Crippen LogP contribution in [-0.4, -0.2) is 39.8 Å². The fraction of sp³-hybridized carbons (Fsp3) is 0.417. The Bertz CT molecular complexity index is 501. The fourth-order valence-corrected chi connectivity index (χ4v) is 2.21. The lowest BCUT2D eigenvalue weighted by Crippen LogP contribution is -2.44. The molecule has 0 aliphatic carbocycles. The predicted molar refractivity (Wildman–Crippen MR) is 59.9 cm³/mol. The standard InChI is InChI=1S/C12H12F3NO3/c13-12(14,15)10-2-1-5-16(10)11(19)8-4-3-7(17)6-9(8)18/h3-4,6,10,17-18H,1-2,5H2/t10-/m0/s1. The van der Waals surface area contributed by atoms with Crippen molar-refractivity contribution < 1.29 is 28.2 Å². The van der Waals surface area contributed by atoms with E-state index in [-0.39, 0.29) is 30.7 Å². The molecule has 0 unspecified atom stereocenters. The van der Waals surface area contributed by atoms with E-state index in [4.69, 9.17) is 5.11 Å². The SMILES string of the molecule is O=C(c1ccc(O)cc1O)N1CCC[C@H]1C(F)(F)F. The lowest BCUT2D eigenvalue weighted by atomic mass is 10.1. The molecule has 1 atom stereocenters. The molecule has 0 radical (unpaired) electrons. The highest BCUT2D eigenvalue weighted by molar-refractivity contribution is 5.97. The Morgan fingerprint density at radius 2 is 2.00 bits per heavy atom. The zero-order valence-corrected chi connectivity index (χ0v) is 9.81. The summed E-state index contributed by atoms with van der Waals surface area (Å²) in [6, 6.07) is 1.37. The van der Waals surface area contributed by atoms with E-state index in [1.54, 1.807) is 0 Å². The van der Waals surface area contributed by atoms with Gasteiger partial charge < -0.3 is 15.1 Å². The van der Waals surface area contributed by atoms with Crippen molar-refractivity contribution in [1.29, 1.82) is 0 Å². The molecule has 0 spiro atoms. The summed E-state index contributed by atoms with van der Waals surface area (Å²) >= 11 is 0. The molecule has 0 bridgehead atoms. The number of alkyl halides is 3. The second-order valence-electron chi connectivity index (χ2n) is 4.40. The summed E-state index contributed by atoms with van der Waals surface area (Å²) in [4.78, 5) is 12.7. The molecule has 1 aliphatic heterocycles. The van der Waals surface area contributed by atoms with Gasteiger partial charge in [0.25, 0.3) is 5.91 Å². The predicted octanol–water partition coefficient (Wildman–Crippen LogP) is 2.26. The highest BCUT2D eigenvalue weighted by Gasteiger charge is 2.48. The van der Waals surface area contributed by atoms with Crippen LogP contribution >= 0.6 is 0 Å².